The van der Waals surface area contributed by atoms with Crippen molar-refractivity contribution in [2.45, 2.75) is 49.2 Å². The van der Waals surface area contributed by atoms with Crippen molar-refractivity contribution in [3.63, 3.8) is 0 Å². The normalized spacial score (nSPS) is 14.9. The number of aromatic amines is 1. The van der Waals surface area contributed by atoms with Gasteiger partial charge in [-0.1, -0.05) is 25.3 Å². The van der Waals surface area contributed by atoms with E-state index in [-0.39, 0.29) is 28.3 Å². The predicted molar refractivity (Wildman–Crippen MR) is 147 cm³/mol. The zero-order valence-electron chi connectivity index (χ0n) is 21.8. The highest BCUT2D eigenvalue weighted by Gasteiger charge is 2.30. The van der Waals surface area contributed by atoms with E-state index >= 15 is 0 Å². The largest absolute Gasteiger partial charge is 0.483 e. The van der Waals surface area contributed by atoms with Crippen molar-refractivity contribution >= 4 is 43.1 Å². The van der Waals surface area contributed by atoms with Crippen LogP contribution in [0.25, 0.3) is 44.0 Å². The number of halogens is 4. The number of H-pyrrole nitrogens is 1. The summed E-state index contributed by atoms with van der Waals surface area (Å²) in [6.45, 7) is -1.68. The highest BCUT2D eigenvalue weighted by molar-refractivity contribution is 7.86. The van der Waals surface area contributed by atoms with Gasteiger partial charge in [0.25, 0.3) is 0 Å². The molecule has 5 aromatic rings. The third-order valence-electron chi connectivity index (χ3n) is 7.61. The first-order chi connectivity index (χ1) is 19.9. The van der Waals surface area contributed by atoms with E-state index in [1.54, 1.807) is 18.2 Å². The molecule has 1 N–H and O–H groups in total. The Bertz CT molecular complexity index is 2090. The molecule has 1 aliphatic rings. The second-order valence-corrected chi connectivity index (χ2v) is 11.7. The number of nitriles is 1. The lowest BCUT2D eigenvalue weighted by Crippen LogP contribution is -2.20. The van der Waals surface area contributed by atoms with E-state index in [4.69, 9.17) is 4.74 Å². The van der Waals surface area contributed by atoms with Crippen LogP contribution in [0.3, 0.4) is 0 Å². The highest BCUT2D eigenvalue weighted by Crippen LogP contribution is 2.40. The van der Waals surface area contributed by atoms with E-state index in [1.807, 2.05) is 4.57 Å². The van der Waals surface area contributed by atoms with Gasteiger partial charge in [0.2, 0.25) is 0 Å². The Balaban J connectivity index is 1.72. The Hall–Kier alpha value is -4.44. The summed E-state index contributed by atoms with van der Waals surface area (Å²) in [4.78, 5) is 20.3. The number of hydrogen-bond donors (Lipinski definition) is 1. The Morgan fingerprint density at radius 3 is 2.52 bits per heavy atom. The van der Waals surface area contributed by atoms with Crippen molar-refractivity contribution in [1.29, 1.82) is 5.26 Å². The number of hydrogen-bond acceptors (Lipinski definition) is 6. The summed E-state index contributed by atoms with van der Waals surface area (Å²) in [6.07, 6.45) is 1.72. The van der Waals surface area contributed by atoms with Crippen LogP contribution in [0.2, 0.25) is 0 Å². The van der Waals surface area contributed by atoms with Gasteiger partial charge in [-0.2, -0.15) is 26.9 Å². The van der Waals surface area contributed by atoms with Gasteiger partial charge in [-0.3, -0.25) is 9.78 Å². The summed E-state index contributed by atoms with van der Waals surface area (Å²) >= 11 is 0. The summed E-state index contributed by atoms with van der Waals surface area (Å²) in [7, 11) is -5.17. The summed E-state index contributed by atoms with van der Waals surface area (Å²) in [5.41, 5.74) is 1.37. The second-order valence-electron chi connectivity index (χ2n) is 10.3. The van der Waals surface area contributed by atoms with Crippen molar-refractivity contribution in [3.05, 3.63) is 64.6 Å². The number of pyridine rings is 2. The number of rotatable bonds is 5. The molecule has 13 heteroatoms. The standard InChI is InChI=1S/C29H22F4N4O4S/c30-29(31,32)15-41-25-11-22-24(10-21(25)17-9-19(14-35-13-17)42(33,39)40)37(18-4-2-1-3-5-18)28-26(27(22)38)20-7-6-16(12-34)8-23(20)36-28/h6-11,13-14,18,36H,1-5,15H2. The van der Waals surface area contributed by atoms with Crippen molar-refractivity contribution in [3.8, 4) is 22.9 Å². The first-order valence-corrected chi connectivity index (χ1v) is 14.5. The van der Waals surface area contributed by atoms with Crippen molar-refractivity contribution in [1.82, 2.24) is 14.5 Å². The molecule has 0 spiro atoms. The van der Waals surface area contributed by atoms with Gasteiger partial charge in [-0.25, -0.2) is 0 Å². The van der Waals surface area contributed by atoms with Gasteiger partial charge in [-0.05, 0) is 43.2 Å². The monoisotopic (exact) mass is 598 g/mol. The molecular formula is C29H22F4N4O4S. The maximum atomic E-state index is 14.0. The van der Waals surface area contributed by atoms with E-state index in [9.17, 15) is 35.5 Å². The van der Waals surface area contributed by atoms with E-state index < -0.39 is 33.3 Å². The molecule has 0 amide bonds. The van der Waals surface area contributed by atoms with Crippen LogP contribution in [0.15, 0.2) is 58.5 Å². The number of aromatic nitrogens is 3. The van der Waals surface area contributed by atoms with Crippen LogP contribution in [0.5, 0.6) is 5.75 Å². The Morgan fingerprint density at radius 1 is 1.07 bits per heavy atom. The Morgan fingerprint density at radius 2 is 1.83 bits per heavy atom. The molecule has 1 fully saturated rings. The number of nitrogens with zero attached hydrogens (tertiary/aromatic N) is 3. The fourth-order valence-corrected chi connectivity index (χ4v) is 6.25. The molecule has 42 heavy (non-hydrogen) atoms. The molecule has 0 unspecified atom stereocenters. The average Bonchev–Trinajstić information content (AvgIpc) is 3.34. The molecule has 0 atom stereocenters. The number of fused-ring (bicyclic) bond motifs is 4. The molecule has 8 nitrogen and oxygen atoms in total. The molecule has 2 aromatic carbocycles. The van der Waals surface area contributed by atoms with E-state index in [1.165, 1.54) is 18.3 Å². The fourth-order valence-electron chi connectivity index (χ4n) is 5.79. The zero-order chi connectivity index (χ0) is 29.8. The Labute approximate surface area is 236 Å². The van der Waals surface area contributed by atoms with Crippen LogP contribution < -0.4 is 10.2 Å². The SMILES string of the molecule is N#Cc1ccc2c(c1)[nH]c1c2c(=O)c2cc(OCC(F)(F)F)c(-c3cncc(S(=O)(=O)F)c3)cc2n1C1CCCCC1. The number of ether oxygens (including phenoxy) is 1. The minimum atomic E-state index is -5.17. The summed E-state index contributed by atoms with van der Waals surface area (Å²) < 4.78 is 83.9. The number of benzene rings is 2. The lowest BCUT2D eigenvalue weighted by atomic mass is 9.94. The summed E-state index contributed by atoms with van der Waals surface area (Å²) in [5, 5.41) is 10.4. The molecule has 6 rings (SSSR count). The van der Waals surface area contributed by atoms with Gasteiger partial charge in [-0.15, -0.1) is 3.89 Å². The van der Waals surface area contributed by atoms with Crippen LogP contribution in [0, 0.1) is 11.3 Å². The Kier molecular flexibility index (Phi) is 6.68. The van der Waals surface area contributed by atoms with Gasteiger partial charge >= 0.3 is 16.4 Å². The molecule has 1 aliphatic carbocycles. The molecular weight excluding hydrogens is 576 g/mol. The van der Waals surface area contributed by atoms with Gasteiger partial charge in [0.15, 0.2) is 12.0 Å². The minimum Gasteiger partial charge on any atom is -0.483 e. The second kappa shape index (κ2) is 10.1. The fraction of sp³-hybridized carbons (Fsp3) is 0.276. The quantitative estimate of drug-likeness (QED) is 0.178. The topological polar surface area (TPSA) is 118 Å². The van der Waals surface area contributed by atoms with Gasteiger partial charge < -0.3 is 14.3 Å². The van der Waals surface area contributed by atoms with Crippen molar-refractivity contribution in [2.24, 2.45) is 0 Å². The van der Waals surface area contributed by atoms with Gasteiger partial charge in [0.05, 0.1) is 27.9 Å². The average molecular weight is 599 g/mol. The van der Waals surface area contributed by atoms with Gasteiger partial charge in [0, 0.05) is 40.5 Å². The molecule has 0 aliphatic heterocycles. The highest BCUT2D eigenvalue weighted by atomic mass is 32.3. The van der Waals surface area contributed by atoms with Crippen molar-refractivity contribution in [2.75, 3.05) is 6.61 Å². The van der Waals surface area contributed by atoms with Crippen molar-refractivity contribution < 1.29 is 30.2 Å². The lowest BCUT2D eigenvalue weighted by molar-refractivity contribution is -0.153. The molecule has 216 valence electrons. The van der Waals surface area contributed by atoms with Gasteiger partial charge in [0.1, 0.15) is 16.3 Å². The molecule has 3 aromatic heterocycles. The summed E-state index contributed by atoms with van der Waals surface area (Å²) in [6, 6.07) is 10.5. The number of nitrogens with one attached hydrogen (secondary N) is 1. The molecule has 0 bridgehead atoms. The van der Waals surface area contributed by atoms with Crippen LogP contribution >= 0.6 is 0 Å². The van der Waals surface area contributed by atoms with E-state index in [0.29, 0.717) is 33.0 Å². The van der Waals surface area contributed by atoms with E-state index in [0.717, 1.165) is 44.4 Å². The third kappa shape index (κ3) is 4.96. The summed E-state index contributed by atoms with van der Waals surface area (Å²) in [5.74, 6) is -0.340. The lowest BCUT2D eigenvalue weighted by Gasteiger charge is -2.27. The molecule has 0 radical (unpaired) electrons. The van der Waals surface area contributed by atoms with Crippen LogP contribution in [-0.4, -0.2) is 35.7 Å². The maximum Gasteiger partial charge on any atom is 0.422 e. The molecule has 1 saturated carbocycles. The van der Waals surface area contributed by atoms with Crippen LogP contribution in [0.4, 0.5) is 17.1 Å². The minimum absolute atomic E-state index is 0.00847. The predicted octanol–water partition coefficient (Wildman–Crippen LogP) is 6.67. The molecule has 0 saturated heterocycles. The number of alkyl halides is 3. The van der Waals surface area contributed by atoms with Crippen LogP contribution in [-0.2, 0) is 10.2 Å². The first kappa shape index (κ1) is 27.7. The first-order valence-electron chi connectivity index (χ1n) is 13.1. The smallest absolute Gasteiger partial charge is 0.422 e. The maximum absolute atomic E-state index is 14.0. The van der Waals surface area contributed by atoms with Crippen LogP contribution in [0.1, 0.15) is 43.7 Å². The zero-order valence-corrected chi connectivity index (χ0v) is 22.7. The third-order valence-corrected chi connectivity index (χ3v) is 8.40. The molecule has 3 heterocycles. The van der Waals surface area contributed by atoms with E-state index in [2.05, 4.69) is 16.0 Å².